The van der Waals surface area contributed by atoms with Gasteiger partial charge in [-0.1, -0.05) is 0 Å². The van der Waals surface area contributed by atoms with Crippen molar-refractivity contribution in [2.75, 3.05) is 31.5 Å². The van der Waals surface area contributed by atoms with E-state index in [1.165, 1.54) is 6.20 Å². The molecular formula is C14H17N5O3. The lowest BCUT2D eigenvalue weighted by atomic mass is 10.3. The summed E-state index contributed by atoms with van der Waals surface area (Å²) in [5, 5.41) is 9.15. The number of furan rings is 1. The first-order chi connectivity index (χ1) is 10.6. The van der Waals surface area contributed by atoms with Crippen molar-refractivity contribution < 1.29 is 14.0 Å². The molecule has 2 N–H and O–H groups in total. The Labute approximate surface area is 127 Å². The Morgan fingerprint density at radius 3 is 2.55 bits per heavy atom. The lowest BCUT2D eigenvalue weighted by Crippen LogP contribution is -2.51. The van der Waals surface area contributed by atoms with E-state index in [1.807, 2.05) is 0 Å². The highest BCUT2D eigenvalue weighted by atomic mass is 16.3. The average molecular weight is 303 g/mol. The molecule has 22 heavy (non-hydrogen) atoms. The van der Waals surface area contributed by atoms with Crippen LogP contribution in [-0.2, 0) is 0 Å². The first kappa shape index (κ1) is 14.2. The molecule has 0 radical (unpaired) electrons. The van der Waals surface area contributed by atoms with Crippen LogP contribution in [0.15, 0.2) is 28.9 Å². The van der Waals surface area contributed by atoms with Crippen LogP contribution in [0.1, 0.15) is 16.3 Å². The minimum atomic E-state index is -0.192. The second-order valence-corrected chi connectivity index (χ2v) is 5.11. The van der Waals surface area contributed by atoms with E-state index >= 15 is 0 Å². The minimum Gasteiger partial charge on any atom is -0.456 e. The minimum absolute atomic E-state index is 0.136. The number of aromatic amines is 1. The average Bonchev–Trinajstić information content (AvgIpc) is 3.18. The second-order valence-electron chi connectivity index (χ2n) is 5.11. The Hall–Kier alpha value is -2.77. The molecule has 8 nitrogen and oxygen atoms in total. The first-order valence-corrected chi connectivity index (χ1v) is 7.04. The van der Waals surface area contributed by atoms with E-state index in [0.717, 1.165) is 0 Å². The molecule has 1 aliphatic heterocycles. The zero-order chi connectivity index (χ0) is 15.5. The van der Waals surface area contributed by atoms with Crippen molar-refractivity contribution in [1.82, 2.24) is 20.0 Å². The molecule has 1 saturated heterocycles. The van der Waals surface area contributed by atoms with Gasteiger partial charge in [-0.3, -0.25) is 9.89 Å². The van der Waals surface area contributed by atoms with Crippen LogP contribution in [-0.4, -0.2) is 58.1 Å². The smallest absolute Gasteiger partial charge is 0.322 e. The normalized spacial score (nSPS) is 15.0. The van der Waals surface area contributed by atoms with Gasteiger partial charge < -0.3 is 19.5 Å². The van der Waals surface area contributed by atoms with E-state index in [2.05, 4.69) is 15.5 Å². The summed E-state index contributed by atoms with van der Waals surface area (Å²) < 4.78 is 5.35. The molecular weight excluding hydrogens is 286 g/mol. The number of urea groups is 1. The number of hydrogen-bond donors (Lipinski definition) is 2. The number of piperazine rings is 1. The highest BCUT2D eigenvalue weighted by molar-refractivity contribution is 5.92. The number of carbonyl (C=O) groups excluding carboxylic acids is 2. The predicted octanol–water partition coefficient (Wildman–Crippen LogP) is 1.30. The van der Waals surface area contributed by atoms with Crippen molar-refractivity contribution in [3.8, 4) is 0 Å². The van der Waals surface area contributed by atoms with E-state index < -0.39 is 0 Å². The van der Waals surface area contributed by atoms with Crippen LogP contribution >= 0.6 is 0 Å². The molecule has 8 heteroatoms. The number of hydrogen-bond acceptors (Lipinski definition) is 4. The van der Waals surface area contributed by atoms with Gasteiger partial charge >= 0.3 is 6.03 Å². The number of nitrogens with one attached hydrogen (secondary N) is 2. The van der Waals surface area contributed by atoms with E-state index in [0.29, 0.717) is 43.4 Å². The molecule has 2 aromatic heterocycles. The number of carbonyl (C=O) groups is 2. The lowest BCUT2D eigenvalue weighted by Gasteiger charge is -2.34. The van der Waals surface area contributed by atoms with Crippen molar-refractivity contribution in [2.24, 2.45) is 0 Å². The topological polar surface area (TPSA) is 94.5 Å². The van der Waals surface area contributed by atoms with Gasteiger partial charge in [-0.15, -0.1) is 0 Å². The molecule has 0 unspecified atom stereocenters. The fourth-order valence-corrected chi connectivity index (χ4v) is 2.34. The standard InChI is InChI=1S/C14H17N5O3/c1-10-2-3-12(22-10)13(20)18-4-6-19(7-5-18)14(21)17-11-8-15-16-9-11/h2-3,8-9H,4-7H2,1H3,(H,15,16)(H,17,21). The van der Waals surface area contributed by atoms with E-state index in [-0.39, 0.29) is 11.9 Å². The van der Waals surface area contributed by atoms with Crippen LogP contribution in [0.4, 0.5) is 10.5 Å². The van der Waals surface area contributed by atoms with E-state index in [1.54, 1.807) is 35.1 Å². The highest BCUT2D eigenvalue weighted by Crippen LogP contribution is 2.13. The summed E-state index contributed by atoms with van der Waals surface area (Å²) in [5.41, 5.74) is 0.620. The van der Waals surface area contributed by atoms with Gasteiger partial charge in [-0.2, -0.15) is 5.10 Å². The van der Waals surface area contributed by atoms with Crippen molar-refractivity contribution in [3.63, 3.8) is 0 Å². The molecule has 3 heterocycles. The molecule has 3 rings (SSSR count). The summed E-state index contributed by atoms with van der Waals surface area (Å²) in [5.74, 6) is 0.915. The van der Waals surface area contributed by atoms with Crippen LogP contribution in [0.25, 0.3) is 0 Å². The van der Waals surface area contributed by atoms with Gasteiger partial charge in [-0.05, 0) is 19.1 Å². The van der Waals surface area contributed by atoms with Gasteiger partial charge in [0, 0.05) is 32.4 Å². The summed E-state index contributed by atoms with van der Waals surface area (Å²) >= 11 is 0. The van der Waals surface area contributed by atoms with Gasteiger partial charge in [0.15, 0.2) is 5.76 Å². The molecule has 0 aromatic carbocycles. The maximum atomic E-state index is 12.2. The number of anilines is 1. The summed E-state index contributed by atoms with van der Waals surface area (Å²) in [6, 6.07) is 3.25. The second kappa shape index (κ2) is 5.92. The number of amides is 3. The highest BCUT2D eigenvalue weighted by Gasteiger charge is 2.26. The van der Waals surface area contributed by atoms with Gasteiger partial charge in [0.05, 0.1) is 11.9 Å². The summed E-state index contributed by atoms with van der Waals surface area (Å²) in [6.07, 6.45) is 3.15. The van der Waals surface area contributed by atoms with Gasteiger partial charge in [0.25, 0.3) is 5.91 Å². The number of aromatic nitrogens is 2. The van der Waals surface area contributed by atoms with Crippen molar-refractivity contribution in [1.29, 1.82) is 0 Å². The largest absolute Gasteiger partial charge is 0.456 e. The maximum Gasteiger partial charge on any atom is 0.322 e. The molecule has 0 spiro atoms. The van der Waals surface area contributed by atoms with Crippen molar-refractivity contribution in [3.05, 3.63) is 36.0 Å². The Morgan fingerprint density at radius 2 is 1.95 bits per heavy atom. The van der Waals surface area contributed by atoms with Crippen LogP contribution in [0.3, 0.4) is 0 Å². The zero-order valence-electron chi connectivity index (χ0n) is 12.2. The molecule has 0 saturated carbocycles. The molecule has 3 amide bonds. The molecule has 1 fully saturated rings. The SMILES string of the molecule is Cc1ccc(C(=O)N2CCN(C(=O)Nc3cn[nH]c3)CC2)o1. The zero-order valence-corrected chi connectivity index (χ0v) is 12.2. The molecule has 0 aliphatic carbocycles. The van der Waals surface area contributed by atoms with Crippen LogP contribution in [0, 0.1) is 6.92 Å². The van der Waals surface area contributed by atoms with Gasteiger partial charge in [-0.25, -0.2) is 4.79 Å². The maximum absolute atomic E-state index is 12.2. The fourth-order valence-electron chi connectivity index (χ4n) is 2.34. The summed E-state index contributed by atoms with van der Waals surface area (Å²) in [4.78, 5) is 27.7. The fraction of sp³-hybridized carbons (Fsp3) is 0.357. The predicted molar refractivity (Wildman–Crippen MR) is 78.5 cm³/mol. The Kier molecular flexibility index (Phi) is 3.82. The molecule has 0 atom stereocenters. The first-order valence-electron chi connectivity index (χ1n) is 7.04. The van der Waals surface area contributed by atoms with Gasteiger partial charge in [0.2, 0.25) is 0 Å². The Balaban J connectivity index is 1.54. The van der Waals surface area contributed by atoms with Gasteiger partial charge in [0.1, 0.15) is 5.76 Å². The Morgan fingerprint density at radius 1 is 1.23 bits per heavy atom. The van der Waals surface area contributed by atoms with E-state index in [9.17, 15) is 9.59 Å². The molecule has 2 aromatic rings. The Bertz CT molecular complexity index is 656. The number of H-pyrrole nitrogens is 1. The van der Waals surface area contributed by atoms with Crippen LogP contribution in [0.2, 0.25) is 0 Å². The quantitative estimate of drug-likeness (QED) is 0.874. The third-order valence-corrected chi connectivity index (χ3v) is 3.55. The molecule has 1 aliphatic rings. The van der Waals surface area contributed by atoms with Crippen molar-refractivity contribution in [2.45, 2.75) is 6.92 Å². The lowest BCUT2D eigenvalue weighted by molar-refractivity contribution is 0.0639. The van der Waals surface area contributed by atoms with Crippen LogP contribution in [0.5, 0.6) is 0 Å². The monoisotopic (exact) mass is 303 g/mol. The number of nitrogens with zero attached hydrogens (tertiary/aromatic N) is 3. The van der Waals surface area contributed by atoms with Crippen LogP contribution < -0.4 is 5.32 Å². The molecule has 116 valence electrons. The number of aryl methyl sites for hydroxylation is 1. The third-order valence-electron chi connectivity index (χ3n) is 3.55. The summed E-state index contributed by atoms with van der Waals surface area (Å²) in [6.45, 7) is 3.73. The van der Waals surface area contributed by atoms with Crippen molar-refractivity contribution >= 4 is 17.6 Å². The third kappa shape index (κ3) is 2.95. The molecule has 0 bridgehead atoms. The van der Waals surface area contributed by atoms with E-state index in [4.69, 9.17) is 4.42 Å². The number of rotatable bonds is 2. The summed E-state index contributed by atoms with van der Waals surface area (Å²) in [7, 11) is 0.